The number of hydrogen-bond donors (Lipinski definition) is 1. The molecule has 2 rings (SSSR count). The molecule has 0 aromatic heterocycles. The zero-order chi connectivity index (χ0) is 14.0. The first-order valence-electron chi connectivity index (χ1n) is 6.68. The maximum Gasteiger partial charge on any atom is 0.0866 e. The highest BCUT2D eigenvalue weighted by Crippen LogP contribution is 2.36. The molecular weight excluding hydrogens is 326 g/mol. The van der Waals surface area contributed by atoms with Crippen LogP contribution in [0.3, 0.4) is 0 Å². The summed E-state index contributed by atoms with van der Waals surface area (Å²) in [4.78, 5) is 0. The Kier molecular flexibility index (Phi) is 4.93. The van der Waals surface area contributed by atoms with Gasteiger partial charge in [0.2, 0.25) is 0 Å². The second-order valence-electron chi connectivity index (χ2n) is 6.14. The molecule has 1 aliphatic rings. The maximum atomic E-state index is 6.04. The van der Waals surface area contributed by atoms with Crippen molar-refractivity contribution in [3.63, 3.8) is 0 Å². The summed E-state index contributed by atoms with van der Waals surface area (Å²) in [6.07, 6.45) is 1.27. The summed E-state index contributed by atoms with van der Waals surface area (Å²) in [5.41, 5.74) is 1.35. The smallest absolute Gasteiger partial charge is 0.0866 e. The third-order valence-electron chi connectivity index (χ3n) is 3.38. The van der Waals surface area contributed by atoms with E-state index in [1.165, 1.54) is 5.56 Å². The molecule has 106 valence electrons. The van der Waals surface area contributed by atoms with Gasteiger partial charge >= 0.3 is 0 Å². The molecule has 1 fully saturated rings. The Morgan fingerprint density at radius 1 is 1.42 bits per heavy atom. The van der Waals surface area contributed by atoms with Gasteiger partial charge in [-0.3, -0.25) is 0 Å². The predicted molar refractivity (Wildman–Crippen MR) is 83.7 cm³/mol. The van der Waals surface area contributed by atoms with Gasteiger partial charge in [-0.2, -0.15) is 0 Å². The second-order valence-corrected chi connectivity index (χ2v) is 7.41. The van der Waals surface area contributed by atoms with E-state index in [4.69, 9.17) is 16.3 Å². The molecule has 0 radical (unpaired) electrons. The van der Waals surface area contributed by atoms with E-state index in [0.717, 1.165) is 29.1 Å². The zero-order valence-electron chi connectivity index (χ0n) is 11.7. The van der Waals surface area contributed by atoms with Crippen molar-refractivity contribution < 1.29 is 4.74 Å². The number of hydrogen-bond acceptors (Lipinski definition) is 2. The molecule has 1 aromatic carbocycles. The Bertz CT molecular complexity index is 444. The van der Waals surface area contributed by atoms with E-state index in [9.17, 15) is 0 Å². The normalized spacial score (nSPS) is 23.8. The van der Waals surface area contributed by atoms with E-state index in [0.29, 0.717) is 5.92 Å². The first-order chi connectivity index (χ1) is 8.87. The molecule has 0 saturated carbocycles. The highest BCUT2D eigenvalue weighted by molar-refractivity contribution is 9.10. The molecule has 0 spiro atoms. The van der Waals surface area contributed by atoms with Crippen LogP contribution in [0.15, 0.2) is 22.7 Å². The topological polar surface area (TPSA) is 21.3 Å². The molecule has 1 saturated heterocycles. The largest absolute Gasteiger partial charge is 0.373 e. The minimum Gasteiger partial charge on any atom is -0.373 e. The van der Waals surface area contributed by atoms with Crippen LogP contribution in [0.4, 0.5) is 0 Å². The number of ether oxygens (including phenoxy) is 1. The van der Waals surface area contributed by atoms with Crippen LogP contribution >= 0.6 is 27.5 Å². The molecule has 1 N–H and O–H groups in total. The van der Waals surface area contributed by atoms with Crippen molar-refractivity contribution in [1.82, 2.24) is 5.32 Å². The van der Waals surface area contributed by atoms with Crippen molar-refractivity contribution in [2.24, 2.45) is 5.92 Å². The van der Waals surface area contributed by atoms with Gasteiger partial charge in [0, 0.05) is 29.1 Å². The fourth-order valence-electron chi connectivity index (χ4n) is 2.34. The lowest BCUT2D eigenvalue weighted by Crippen LogP contribution is -2.39. The molecule has 1 heterocycles. The van der Waals surface area contributed by atoms with E-state index in [2.05, 4.69) is 54.2 Å². The maximum absolute atomic E-state index is 6.04. The van der Waals surface area contributed by atoms with E-state index < -0.39 is 0 Å². The van der Waals surface area contributed by atoms with Crippen molar-refractivity contribution in [2.75, 3.05) is 13.2 Å². The Balaban J connectivity index is 2.07. The molecule has 2 unspecified atom stereocenters. The third-order valence-corrected chi connectivity index (χ3v) is 4.59. The Hall–Kier alpha value is -0.0900. The average molecular weight is 347 g/mol. The van der Waals surface area contributed by atoms with Crippen molar-refractivity contribution in [2.45, 2.75) is 38.8 Å². The van der Waals surface area contributed by atoms with E-state index in [1.807, 2.05) is 6.07 Å². The predicted octanol–water partition coefficient (Wildman–Crippen LogP) is 4.57. The lowest BCUT2D eigenvalue weighted by molar-refractivity contribution is 0.0889. The first-order valence-corrected chi connectivity index (χ1v) is 7.85. The summed E-state index contributed by atoms with van der Waals surface area (Å²) < 4.78 is 6.84. The van der Waals surface area contributed by atoms with E-state index in [1.54, 1.807) is 0 Å². The molecule has 0 amide bonds. The van der Waals surface area contributed by atoms with Crippen LogP contribution in [-0.2, 0) is 4.74 Å². The summed E-state index contributed by atoms with van der Waals surface area (Å²) in [6.45, 7) is 8.39. The SMILES string of the molecule is CC(C)(C)NCC1CCOC1c1ccc(Cl)c(Br)c1. The molecule has 19 heavy (non-hydrogen) atoms. The highest BCUT2D eigenvalue weighted by Gasteiger charge is 2.30. The molecule has 0 aliphatic carbocycles. The molecular formula is C15H21BrClNO. The van der Waals surface area contributed by atoms with E-state index in [-0.39, 0.29) is 11.6 Å². The Labute approximate surface area is 129 Å². The summed E-state index contributed by atoms with van der Waals surface area (Å²) in [5, 5.41) is 4.31. The fraction of sp³-hybridized carbons (Fsp3) is 0.600. The van der Waals surface area contributed by atoms with Crippen LogP contribution in [0.25, 0.3) is 0 Å². The lowest BCUT2D eigenvalue weighted by atomic mass is 9.94. The number of benzene rings is 1. The van der Waals surface area contributed by atoms with Crippen LogP contribution in [0.5, 0.6) is 0 Å². The van der Waals surface area contributed by atoms with Gasteiger partial charge in [0.05, 0.1) is 11.1 Å². The molecule has 1 aromatic rings. The number of nitrogens with one attached hydrogen (secondary N) is 1. The van der Waals surface area contributed by atoms with Crippen LogP contribution in [0.1, 0.15) is 38.9 Å². The van der Waals surface area contributed by atoms with Gasteiger partial charge in [-0.1, -0.05) is 17.7 Å². The van der Waals surface area contributed by atoms with Crippen LogP contribution in [0.2, 0.25) is 5.02 Å². The van der Waals surface area contributed by atoms with Gasteiger partial charge in [-0.25, -0.2) is 0 Å². The summed E-state index contributed by atoms with van der Waals surface area (Å²) >= 11 is 9.53. The fourth-order valence-corrected chi connectivity index (χ4v) is 2.85. The van der Waals surface area contributed by atoms with Gasteiger partial charge in [0.1, 0.15) is 0 Å². The van der Waals surface area contributed by atoms with Crippen LogP contribution in [0, 0.1) is 5.92 Å². The van der Waals surface area contributed by atoms with Gasteiger partial charge < -0.3 is 10.1 Å². The van der Waals surface area contributed by atoms with Crippen molar-refractivity contribution in [3.05, 3.63) is 33.3 Å². The van der Waals surface area contributed by atoms with Gasteiger partial charge in [0.15, 0.2) is 0 Å². The van der Waals surface area contributed by atoms with Crippen LogP contribution < -0.4 is 5.32 Å². The molecule has 2 nitrogen and oxygen atoms in total. The second kappa shape index (κ2) is 6.13. The number of rotatable bonds is 3. The van der Waals surface area contributed by atoms with Gasteiger partial charge in [-0.15, -0.1) is 0 Å². The van der Waals surface area contributed by atoms with Crippen molar-refractivity contribution in [1.29, 1.82) is 0 Å². The summed E-state index contributed by atoms with van der Waals surface area (Å²) in [5.74, 6) is 0.521. The quantitative estimate of drug-likeness (QED) is 0.865. The Morgan fingerprint density at radius 2 is 2.16 bits per heavy atom. The van der Waals surface area contributed by atoms with Gasteiger partial charge in [-0.05, 0) is 60.8 Å². The first kappa shape index (κ1) is 15.3. The minimum absolute atomic E-state index is 0.147. The standard InChI is InChI=1S/C15H21BrClNO/c1-15(2,3)18-9-11-6-7-19-14(11)10-4-5-13(17)12(16)8-10/h4-5,8,11,14,18H,6-7,9H2,1-3H3. The molecule has 1 aliphatic heterocycles. The molecule has 0 bridgehead atoms. The minimum atomic E-state index is 0.147. The van der Waals surface area contributed by atoms with Crippen molar-refractivity contribution in [3.8, 4) is 0 Å². The monoisotopic (exact) mass is 345 g/mol. The molecule has 2 atom stereocenters. The Morgan fingerprint density at radius 3 is 2.79 bits per heavy atom. The van der Waals surface area contributed by atoms with Crippen LogP contribution in [-0.4, -0.2) is 18.7 Å². The number of halogens is 2. The highest BCUT2D eigenvalue weighted by atomic mass is 79.9. The summed E-state index contributed by atoms with van der Waals surface area (Å²) in [7, 11) is 0. The van der Waals surface area contributed by atoms with Crippen molar-refractivity contribution >= 4 is 27.5 Å². The third kappa shape index (κ3) is 4.19. The summed E-state index contributed by atoms with van der Waals surface area (Å²) in [6, 6.07) is 6.06. The van der Waals surface area contributed by atoms with Gasteiger partial charge in [0.25, 0.3) is 0 Å². The average Bonchev–Trinajstić information content (AvgIpc) is 2.77. The lowest BCUT2D eigenvalue weighted by Gasteiger charge is -2.26. The molecule has 4 heteroatoms. The van der Waals surface area contributed by atoms with E-state index >= 15 is 0 Å². The zero-order valence-corrected chi connectivity index (χ0v) is 14.0.